The zero-order valence-corrected chi connectivity index (χ0v) is 14.5. The van der Waals surface area contributed by atoms with E-state index in [2.05, 4.69) is 10.3 Å². The van der Waals surface area contributed by atoms with Gasteiger partial charge in [0.25, 0.3) is 0 Å². The number of anilines is 1. The Morgan fingerprint density at radius 2 is 2.04 bits per heavy atom. The third-order valence-corrected chi connectivity index (χ3v) is 4.42. The van der Waals surface area contributed by atoms with E-state index < -0.39 is 5.97 Å². The highest BCUT2D eigenvalue weighted by atomic mass is 16.5. The van der Waals surface area contributed by atoms with E-state index in [9.17, 15) is 9.59 Å². The van der Waals surface area contributed by atoms with Crippen molar-refractivity contribution in [1.82, 2.24) is 9.88 Å². The second-order valence-electron chi connectivity index (χ2n) is 6.30. The van der Waals surface area contributed by atoms with Crippen LogP contribution in [0.15, 0.2) is 42.7 Å². The number of carbonyl (C=O) groups is 2. The number of carboxylic acids is 1. The van der Waals surface area contributed by atoms with Crippen molar-refractivity contribution in [2.75, 3.05) is 18.4 Å². The fraction of sp³-hybridized carbons (Fsp3) is 0.316. The highest BCUT2D eigenvalue weighted by Crippen LogP contribution is 2.27. The lowest BCUT2D eigenvalue weighted by Crippen LogP contribution is -2.42. The van der Waals surface area contributed by atoms with Crippen molar-refractivity contribution in [3.05, 3.63) is 48.3 Å². The highest BCUT2D eigenvalue weighted by molar-refractivity contribution is 5.89. The first kappa shape index (κ1) is 17.7. The number of aliphatic carboxylic acids is 1. The van der Waals surface area contributed by atoms with E-state index in [1.54, 1.807) is 35.5 Å². The van der Waals surface area contributed by atoms with E-state index in [-0.39, 0.29) is 11.9 Å². The first-order chi connectivity index (χ1) is 12.5. The van der Waals surface area contributed by atoms with Crippen LogP contribution in [-0.2, 0) is 4.79 Å². The Labute approximate surface area is 151 Å². The van der Waals surface area contributed by atoms with Crippen LogP contribution in [0.4, 0.5) is 10.5 Å². The number of piperidine rings is 1. The quantitative estimate of drug-likeness (QED) is 0.876. The lowest BCUT2D eigenvalue weighted by molar-refractivity contribution is -0.143. The summed E-state index contributed by atoms with van der Waals surface area (Å²) in [5, 5.41) is 11.9. The molecule has 0 unspecified atom stereocenters. The average molecular weight is 355 g/mol. The number of nitrogens with zero attached hydrogens (tertiary/aromatic N) is 2. The molecule has 1 aromatic carbocycles. The lowest BCUT2D eigenvalue weighted by atomic mass is 9.97. The number of carbonyl (C=O) groups excluding carboxylic acids is 1. The standard InChI is InChI=1S/C19H21N3O4/c1-13-11-15(4-5-17(13)26-16-3-2-8-20-12-16)21-19(25)22-9-6-14(7-10-22)18(23)24/h2-5,8,11-12,14H,6-7,9-10H2,1H3,(H,21,25)(H,23,24). The van der Waals surface area contributed by atoms with Crippen molar-refractivity contribution in [1.29, 1.82) is 0 Å². The minimum atomic E-state index is -0.787. The Morgan fingerprint density at radius 1 is 1.27 bits per heavy atom. The highest BCUT2D eigenvalue weighted by Gasteiger charge is 2.27. The monoisotopic (exact) mass is 355 g/mol. The van der Waals surface area contributed by atoms with Gasteiger partial charge >= 0.3 is 12.0 Å². The molecule has 7 heteroatoms. The fourth-order valence-corrected chi connectivity index (χ4v) is 2.91. The number of rotatable bonds is 4. The van der Waals surface area contributed by atoms with Crippen LogP contribution >= 0.6 is 0 Å². The number of carboxylic acid groups (broad SMARTS) is 1. The molecule has 1 fully saturated rings. The maximum atomic E-state index is 12.4. The van der Waals surface area contributed by atoms with E-state index in [1.165, 1.54) is 0 Å². The Hall–Kier alpha value is -3.09. The summed E-state index contributed by atoms with van der Waals surface area (Å²) >= 11 is 0. The van der Waals surface area contributed by atoms with Crippen LogP contribution in [0, 0.1) is 12.8 Å². The molecule has 2 heterocycles. The smallest absolute Gasteiger partial charge is 0.321 e. The Bertz CT molecular complexity index is 787. The second kappa shape index (κ2) is 7.86. The van der Waals surface area contributed by atoms with Crippen molar-refractivity contribution < 1.29 is 19.4 Å². The van der Waals surface area contributed by atoms with Gasteiger partial charge in [0.1, 0.15) is 11.5 Å². The molecule has 2 N–H and O–H groups in total. The van der Waals surface area contributed by atoms with E-state index in [4.69, 9.17) is 9.84 Å². The summed E-state index contributed by atoms with van der Waals surface area (Å²) in [4.78, 5) is 29.0. The molecule has 0 radical (unpaired) electrons. The molecule has 0 spiro atoms. The van der Waals surface area contributed by atoms with Crippen LogP contribution < -0.4 is 10.1 Å². The van der Waals surface area contributed by atoms with E-state index in [0.29, 0.717) is 43.1 Å². The molecule has 0 aliphatic carbocycles. The third kappa shape index (κ3) is 4.30. The Kier molecular flexibility index (Phi) is 5.36. The van der Waals surface area contributed by atoms with Gasteiger partial charge in [-0.1, -0.05) is 0 Å². The third-order valence-electron chi connectivity index (χ3n) is 4.42. The van der Waals surface area contributed by atoms with Gasteiger partial charge in [0.2, 0.25) is 0 Å². The number of ether oxygens (including phenoxy) is 1. The predicted molar refractivity (Wildman–Crippen MR) is 96.4 cm³/mol. The van der Waals surface area contributed by atoms with Gasteiger partial charge in [-0.15, -0.1) is 0 Å². The molecule has 0 saturated carbocycles. The number of hydrogen-bond donors (Lipinski definition) is 2. The normalized spacial score (nSPS) is 14.7. The largest absolute Gasteiger partial charge is 0.481 e. The maximum absolute atomic E-state index is 12.4. The molecule has 0 bridgehead atoms. The Morgan fingerprint density at radius 3 is 2.65 bits per heavy atom. The van der Waals surface area contributed by atoms with Crippen molar-refractivity contribution in [2.45, 2.75) is 19.8 Å². The maximum Gasteiger partial charge on any atom is 0.321 e. The molecule has 1 aliphatic rings. The molecule has 0 atom stereocenters. The molecule has 1 saturated heterocycles. The molecule has 136 valence electrons. The molecule has 2 aromatic rings. The minimum absolute atomic E-state index is 0.214. The number of aromatic nitrogens is 1. The summed E-state index contributed by atoms with van der Waals surface area (Å²) in [5.41, 5.74) is 1.56. The summed E-state index contributed by atoms with van der Waals surface area (Å²) in [7, 11) is 0. The van der Waals surface area contributed by atoms with Gasteiger partial charge in [-0.2, -0.15) is 0 Å². The van der Waals surface area contributed by atoms with Crippen LogP contribution in [-0.4, -0.2) is 40.1 Å². The van der Waals surface area contributed by atoms with Crippen molar-refractivity contribution in [2.24, 2.45) is 5.92 Å². The van der Waals surface area contributed by atoms with Gasteiger partial charge in [-0.3, -0.25) is 9.78 Å². The summed E-state index contributed by atoms with van der Waals surface area (Å²) in [5.74, 6) is 0.196. The summed E-state index contributed by atoms with van der Waals surface area (Å²) in [6, 6.07) is 8.83. The lowest BCUT2D eigenvalue weighted by Gasteiger charge is -2.30. The van der Waals surface area contributed by atoms with Gasteiger partial charge in [-0.25, -0.2) is 4.79 Å². The molecule has 3 rings (SSSR count). The molecule has 1 aromatic heterocycles. The van der Waals surface area contributed by atoms with Crippen molar-refractivity contribution >= 4 is 17.7 Å². The van der Waals surface area contributed by atoms with E-state index in [0.717, 1.165) is 5.56 Å². The molecule has 26 heavy (non-hydrogen) atoms. The van der Waals surface area contributed by atoms with Crippen LogP contribution in [0.25, 0.3) is 0 Å². The van der Waals surface area contributed by atoms with Gasteiger partial charge < -0.3 is 20.1 Å². The topological polar surface area (TPSA) is 91.8 Å². The molecule has 7 nitrogen and oxygen atoms in total. The molecule has 1 aliphatic heterocycles. The van der Waals surface area contributed by atoms with E-state index >= 15 is 0 Å². The average Bonchev–Trinajstić information content (AvgIpc) is 2.65. The fourth-order valence-electron chi connectivity index (χ4n) is 2.91. The first-order valence-corrected chi connectivity index (χ1v) is 8.50. The van der Waals surface area contributed by atoms with Gasteiger partial charge in [-0.05, 0) is 55.7 Å². The van der Waals surface area contributed by atoms with Crippen LogP contribution in [0.3, 0.4) is 0 Å². The minimum Gasteiger partial charge on any atom is -0.481 e. The summed E-state index contributed by atoms with van der Waals surface area (Å²) < 4.78 is 5.78. The van der Waals surface area contributed by atoms with Crippen molar-refractivity contribution in [3.8, 4) is 11.5 Å². The number of benzene rings is 1. The zero-order valence-electron chi connectivity index (χ0n) is 14.5. The number of urea groups is 1. The van der Waals surface area contributed by atoms with E-state index in [1.807, 2.05) is 19.1 Å². The first-order valence-electron chi connectivity index (χ1n) is 8.50. The number of likely N-dealkylation sites (tertiary alicyclic amines) is 1. The molecular weight excluding hydrogens is 334 g/mol. The number of hydrogen-bond acceptors (Lipinski definition) is 4. The SMILES string of the molecule is Cc1cc(NC(=O)N2CCC(C(=O)O)CC2)ccc1Oc1cccnc1. The zero-order chi connectivity index (χ0) is 18.5. The van der Waals surface area contributed by atoms with Crippen LogP contribution in [0.2, 0.25) is 0 Å². The van der Waals surface area contributed by atoms with Gasteiger partial charge in [0, 0.05) is 25.0 Å². The Balaban J connectivity index is 1.59. The molecule has 2 amide bonds. The predicted octanol–water partition coefficient (Wildman–Crippen LogP) is 3.51. The van der Waals surface area contributed by atoms with Crippen LogP contribution in [0.1, 0.15) is 18.4 Å². The summed E-state index contributed by atoms with van der Waals surface area (Å²) in [6.45, 7) is 2.80. The van der Waals surface area contributed by atoms with Crippen LogP contribution in [0.5, 0.6) is 11.5 Å². The van der Waals surface area contributed by atoms with Crippen molar-refractivity contribution in [3.63, 3.8) is 0 Å². The number of amides is 2. The van der Waals surface area contributed by atoms with Gasteiger partial charge in [0.15, 0.2) is 0 Å². The number of pyridine rings is 1. The number of aryl methyl sites for hydroxylation is 1. The molecular formula is C19H21N3O4. The number of nitrogens with one attached hydrogen (secondary N) is 1. The van der Waals surface area contributed by atoms with Gasteiger partial charge in [0.05, 0.1) is 12.1 Å². The summed E-state index contributed by atoms with van der Waals surface area (Å²) in [6.07, 6.45) is 4.28. The second-order valence-corrected chi connectivity index (χ2v) is 6.30.